The zero-order valence-electron chi connectivity index (χ0n) is 14.8. The van der Waals surface area contributed by atoms with Gasteiger partial charge in [0.25, 0.3) is 0 Å². The molecule has 0 radical (unpaired) electrons. The largest absolute Gasteiger partial charge is 0.508 e. The van der Waals surface area contributed by atoms with Crippen molar-refractivity contribution >= 4 is 17.8 Å². The molecule has 6 N–H and O–H groups in total. The summed E-state index contributed by atoms with van der Waals surface area (Å²) >= 11 is 0. The number of rotatable bonds is 10. The van der Waals surface area contributed by atoms with Crippen molar-refractivity contribution in [1.29, 1.82) is 0 Å². The van der Waals surface area contributed by atoms with Crippen LogP contribution in [0.2, 0.25) is 0 Å². The molecule has 0 aromatic heterocycles. The normalized spacial score (nSPS) is 14.1. The number of ether oxygens (including phenoxy) is 1. The van der Waals surface area contributed by atoms with Crippen LogP contribution in [0.4, 0.5) is 0 Å². The summed E-state index contributed by atoms with van der Waals surface area (Å²) in [7, 11) is 1.49. The van der Waals surface area contributed by atoms with Gasteiger partial charge in [-0.2, -0.15) is 0 Å². The van der Waals surface area contributed by atoms with Crippen LogP contribution < -0.4 is 16.4 Å². The summed E-state index contributed by atoms with van der Waals surface area (Å²) in [5, 5.41) is 23.3. The summed E-state index contributed by atoms with van der Waals surface area (Å²) in [5.74, 6) is -2.25. The van der Waals surface area contributed by atoms with Gasteiger partial charge in [-0.25, -0.2) is 0 Å². The molecule has 26 heavy (non-hydrogen) atoms. The first-order valence-electron chi connectivity index (χ1n) is 8.14. The number of hydrogen-bond acceptors (Lipinski definition) is 6. The number of phenolic OH excluding ortho intramolecular Hbond substituents is 1. The van der Waals surface area contributed by atoms with Gasteiger partial charge in [0.2, 0.25) is 11.8 Å². The second-order valence-electron chi connectivity index (χ2n) is 5.78. The number of carboxylic acid groups (broad SMARTS) is 1. The third-order valence-electron chi connectivity index (χ3n) is 3.72. The van der Waals surface area contributed by atoms with E-state index in [1.165, 1.54) is 19.2 Å². The molecule has 1 aromatic carbocycles. The molecule has 144 valence electrons. The number of phenols is 1. The highest BCUT2D eigenvalue weighted by atomic mass is 16.5. The molecule has 0 aliphatic carbocycles. The molecule has 9 nitrogen and oxygen atoms in total. The third kappa shape index (κ3) is 6.69. The molecule has 0 aliphatic rings. The minimum Gasteiger partial charge on any atom is -0.508 e. The molecular formula is C17H25N3O6. The second-order valence-corrected chi connectivity index (χ2v) is 5.78. The van der Waals surface area contributed by atoms with Crippen molar-refractivity contribution in [1.82, 2.24) is 10.6 Å². The Bertz CT molecular complexity index is 619. The zero-order valence-corrected chi connectivity index (χ0v) is 14.8. The predicted molar refractivity (Wildman–Crippen MR) is 93.3 cm³/mol. The number of benzene rings is 1. The monoisotopic (exact) mass is 367 g/mol. The lowest BCUT2D eigenvalue weighted by Crippen LogP contribution is -2.52. The summed E-state index contributed by atoms with van der Waals surface area (Å²) in [5.41, 5.74) is 6.23. The molecule has 2 amide bonds. The average Bonchev–Trinajstić information content (AvgIpc) is 2.59. The molecule has 1 rings (SSSR count). The Kier molecular flexibility index (Phi) is 8.53. The molecule has 9 heteroatoms. The lowest BCUT2D eigenvalue weighted by Gasteiger charge is -2.23. The van der Waals surface area contributed by atoms with Crippen LogP contribution in [0.15, 0.2) is 24.3 Å². The quantitative estimate of drug-likeness (QED) is 0.387. The van der Waals surface area contributed by atoms with Crippen LogP contribution >= 0.6 is 0 Å². The maximum Gasteiger partial charge on any atom is 0.305 e. The summed E-state index contributed by atoms with van der Waals surface area (Å²) in [6, 6.07) is 3.72. The van der Waals surface area contributed by atoms with E-state index >= 15 is 0 Å². The van der Waals surface area contributed by atoms with Crippen molar-refractivity contribution in [2.45, 2.75) is 37.9 Å². The van der Waals surface area contributed by atoms with Crippen LogP contribution in [0.1, 0.15) is 31.4 Å². The van der Waals surface area contributed by atoms with Crippen molar-refractivity contribution in [2.75, 3.05) is 13.7 Å². The topological polar surface area (TPSA) is 151 Å². The van der Waals surface area contributed by atoms with Crippen LogP contribution in [0.3, 0.4) is 0 Å². The average molecular weight is 367 g/mol. The first kappa shape index (κ1) is 21.4. The number of nitrogens with one attached hydrogen (secondary N) is 2. The molecule has 1 unspecified atom stereocenters. The Morgan fingerprint density at radius 2 is 1.77 bits per heavy atom. The molecule has 0 spiro atoms. The van der Waals surface area contributed by atoms with Crippen LogP contribution in [0.5, 0.6) is 5.75 Å². The number of amides is 2. The minimum absolute atomic E-state index is 0.0994. The molecule has 3 atom stereocenters. The second kappa shape index (κ2) is 10.4. The maximum atomic E-state index is 12.5. The first-order valence-corrected chi connectivity index (χ1v) is 8.14. The highest BCUT2D eigenvalue weighted by Gasteiger charge is 2.25. The fourth-order valence-corrected chi connectivity index (χ4v) is 2.28. The molecular weight excluding hydrogens is 342 g/mol. The third-order valence-corrected chi connectivity index (χ3v) is 3.72. The van der Waals surface area contributed by atoms with Crippen molar-refractivity contribution < 1.29 is 29.3 Å². The number of aromatic hydroxyl groups is 1. The van der Waals surface area contributed by atoms with Crippen molar-refractivity contribution in [3.05, 3.63) is 29.8 Å². The number of methoxy groups -OCH3 is 1. The predicted octanol–water partition coefficient (Wildman–Crippen LogP) is -0.107. The van der Waals surface area contributed by atoms with E-state index in [0.717, 1.165) is 5.56 Å². The van der Waals surface area contributed by atoms with Crippen molar-refractivity contribution in [3.63, 3.8) is 0 Å². The molecule has 0 fully saturated rings. The van der Waals surface area contributed by atoms with Crippen LogP contribution in [-0.4, -0.2) is 53.8 Å². The van der Waals surface area contributed by atoms with Gasteiger partial charge >= 0.3 is 5.97 Å². The van der Waals surface area contributed by atoms with E-state index in [2.05, 4.69) is 10.6 Å². The van der Waals surface area contributed by atoms with Crippen LogP contribution in [-0.2, 0) is 19.1 Å². The molecule has 1 aromatic rings. The smallest absolute Gasteiger partial charge is 0.305 e. The molecule has 0 saturated heterocycles. The Morgan fingerprint density at radius 3 is 2.27 bits per heavy atom. The van der Waals surface area contributed by atoms with Crippen molar-refractivity contribution in [3.8, 4) is 5.75 Å². The fraction of sp³-hybridized carbons (Fsp3) is 0.471. The minimum atomic E-state index is -1.23. The van der Waals surface area contributed by atoms with Crippen LogP contribution in [0.25, 0.3) is 0 Å². The van der Waals surface area contributed by atoms with E-state index in [9.17, 15) is 19.5 Å². The van der Waals surface area contributed by atoms with E-state index < -0.39 is 42.3 Å². The summed E-state index contributed by atoms with van der Waals surface area (Å²) in [6.45, 7) is 1.90. The molecule has 0 heterocycles. The number of hydrogen-bond donors (Lipinski definition) is 5. The number of carbonyl (C=O) groups is 3. The van der Waals surface area contributed by atoms with E-state index in [-0.39, 0.29) is 12.4 Å². The van der Waals surface area contributed by atoms with Gasteiger partial charge in [0, 0.05) is 7.11 Å². The fourth-order valence-electron chi connectivity index (χ4n) is 2.28. The molecule has 0 aliphatic heterocycles. The Labute approximate surface area is 151 Å². The molecule has 0 bridgehead atoms. The van der Waals surface area contributed by atoms with Gasteiger partial charge in [0.1, 0.15) is 11.8 Å². The Balaban J connectivity index is 2.77. The standard InChI is InChI=1S/C17H25N3O6/c1-3-13(19-16(24)12(18)8-15(22)23)17(25)20-14(9-26-2)10-4-6-11(21)7-5-10/h4-7,12-14,21H,3,8-9,18H2,1-2H3,(H,19,24)(H,20,25)(H,22,23)/t12-,13+,14?/m0/s1. The maximum absolute atomic E-state index is 12.5. The van der Waals surface area contributed by atoms with E-state index in [4.69, 9.17) is 15.6 Å². The van der Waals surface area contributed by atoms with Gasteiger partial charge in [-0.05, 0) is 24.1 Å². The van der Waals surface area contributed by atoms with Crippen LogP contribution in [0, 0.1) is 0 Å². The number of carboxylic acids is 1. The summed E-state index contributed by atoms with van der Waals surface area (Å²) in [4.78, 5) is 35.1. The SMILES string of the molecule is CC[C@@H](NC(=O)[C@@H](N)CC(=O)O)C(=O)NC(COC)c1ccc(O)cc1. The lowest BCUT2D eigenvalue weighted by molar-refractivity contribution is -0.139. The summed E-state index contributed by atoms with van der Waals surface area (Å²) < 4.78 is 5.12. The van der Waals surface area contributed by atoms with E-state index in [1.54, 1.807) is 19.1 Å². The van der Waals surface area contributed by atoms with E-state index in [0.29, 0.717) is 6.42 Å². The first-order chi connectivity index (χ1) is 12.3. The number of aliphatic carboxylic acids is 1. The molecule has 0 saturated carbocycles. The Hall–Kier alpha value is -2.65. The highest BCUT2D eigenvalue weighted by Crippen LogP contribution is 2.17. The Morgan fingerprint density at radius 1 is 1.15 bits per heavy atom. The zero-order chi connectivity index (χ0) is 19.7. The van der Waals surface area contributed by atoms with Gasteiger partial charge < -0.3 is 31.3 Å². The van der Waals surface area contributed by atoms with Gasteiger partial charge in [-0.3, -0.25) is 14.4 Å². The highest BCUT2D eigenvalue weighted by molar-refractivity contribution is 5.91. The lowest BCUT2D eigenvalue weighted by atomic mass is 10.1. The van der Waals surface area contributed by atoms with Gasteiger partial charge in [-0.1, -0.05) is 19.1 Å². The number of nitrogens with two attached hydrogens (primary N) is 1. The van der Waals surface area contributed by atoms with Gasteiger partial charge in [0.05, 0.1) is 25.1 Å². The van der Waals surface area contributed by atoms with E-state index in [1.807, 2.05) is 0 Å². The summed E-state index contributed by atoms with van der Waals surface area (Å²) in [6.07, 6.45) is -0.226. The van der Waals surface area contributed by atoms with Crippen molar-refractivity contribution in [2.24, 2.45) is 5.73 Å². The van der Waals surface area contributed by atoms with Gasteiger partial charge in [0.15, 0.2) is 0 Å². The van der Waals surface area contributed by atoms with Gasteiger partial charge in [-0.15, -0.1) is 0 Å². The number of carbonyl (C=O) groups excluding carboxylic acids is 2.